The molecule has 1 fully saturated rings. The first-order valence-corrected chi connectivity index (χ1v) is 6.82. The Bertz CT molecular complexity index is 536. The second-order valence-corrected chi connectivity index (χ2v) is 5.04. The van der Waals surface area contributed by atoms with Gasteiger partial charge in [0, 0.05) is 18.1 Å². The number of ether oxygens (including phenoxy) is 1. The van der Waals surface area contributed by atoms with Crippen LogP contribution in [0.5, 0.6) is 0 Å². The lowest BCUT2D eigenvalue weighted by Crippen LogP contribution is -2.47. The van der Waals surface area contributed by atoms with Crippen molar-refractivity contribution >= 4 is 23.2 Å². The van der Waals surface area contributed by atoms with E-state index in [1.165, 1.54) is 0 Å². The average molecular weight is 294 g/mol. The number of benzene rings is 1. The third kappa shape index (κ3) is 3.41. The number of nitriles is 1. The molecule has 0 aromatic heterocycles. The number of anilines is 1. The number of nitrogens with zero attached hydrogens (tertiary/aromatic N) is 2. The van der Waals surface area contributed by atoms with E-state index in [4.69, 9.17) is 21.6 Å². The van der Waals surface area contributed by atoms with Crippen molar-refractivity contribution in [2.24, 2.45) is 0 Å². The molecule has 1 unspecified atom stereocenters. The minimum atomic E-state index is -0.402. The molecule has 5 nitrogen and oxygen atoms in total. The summed E-state index contributed by atoms with van der Waals surface area (Å²) in [4.78, 5) is 14.0. The van der Waals surface area contributed by atoms with E-state index in [1.807, 2.05) is 0 Å². The highest BCUT2D eigenvalue weighted by atomic mass is 35.5. The predicted octanol–water partition coefficient (Wildman–Crippen LogP) is 1.87. The highest BCUT2D eigenvalue weighted by Crippen LogP contribution is 2.21. The number of carbonyl (C=O) groups excluding carboxylic acids is 1. The van der Waals surface area contributed by atoms with Gasteiger partial charge in [-0.05, 0) is 25.1 Å². The van der Waals surface area contributed by atoms with Gasteiger partial charge in [0.25, 0.3) is 0 Å². The lowest BCUT2D eigenvalue weighted by Gasteiger charge is -2.29. The first kappa shape index (κ1) is 14.6. The second kappa shape index (κ2) is 6.60. The minimum absolute atomic E-state index is 0.00661. The smallest absolute Gasteiger partial charge is 0.244 e. The molecule has 2 rings (SSSR count). The zero-order valence-electron chi connectivity index (χ0n) is 11.2. The first-order chi connectivity index (χ1) is 9.61. The van der Waals surface area contributed by atoms with E-state index in [0.29, 0.717) is 42.6 Å². The Morgan fingerprint density at radius 3 is 2.85 bits per heavy atom. The molecule has 0 saturated carbocycles. The molecule has 1 saturated heterocycles. The van der Waals surface area contributed by atoms with Gasteiger partial charge in [-0.15, -0.1) is 0 Å². The quantitative estimate of drug-likeness (QED) is 0.924. The summed E-state index contributed by atoms with van der Waals surface area (Å²) in [5, 5.41) is 12.7. The molecule has 0 aliphatic carbocycles. The van der Waals surface area contributed by atoms with E-state index < -0.39 is 6.04 Å². The fraction of sp³-hybridized carbons (Fsp3) is 0.429. The Balaban J connectivity index is 2.05. The van der Waals surface area contributed by atoms with Crippen molar-refractivity contribution in [2.45, 2.75) is 13.0 Å². The zero-order chi connectivity index (χ0) is 14.5. The summed E-state index contributed by atoms with van der Waals surface area (Å²) >= 11 is 5.85. The van der Waals surface area contributed by atoms with Crippen LogP contribution in [0.1, 0.15) is 12.5 Å². The number of hydrogen-bond donors (Lipinski definition) is 1. The number of nitrogens with one attached hydrogen (secondary N) is 1. The van der Waals surface area contributed by atoms with Crippen LogP contribution in [0.25, 0.3) is 0 Å². The number of rotatable bonds is 3. The molecule has 1 aliphatic rings. The van der Waals surface area contributed by atoms with Gasteiger partial charge in [-0.25, -0.2) is 0 Å². The number of morpholine rings is 1. The largest absolute Gasteiger partial charge is 0.378 e. The van der Waals surface area contributed by atoms with Crippen LogP contribution >= 0.6 is 11.6 Å². The Kier molecular flexibility index (Phi) is 4.83. The molecule has 1 N–H and O–H groups in total. The normalized spacial score (nSPS) is 16.4. The van der Waals surface area contributed by atoms with E-state index in [1.54, 1.807) is 30.0 Å². The zero-order valence-corrected chi connectivity index (χ0v) is 12.0. The molecular formula is C14H16ClN3O2. The van der Waals surface area contributed by atoms with Crippen molar-refractivity contribution in [2.75, 3.05) is 31.6 Å². The second-order valence-electron chi connectivity index (χ2n) is 4.61. The van der Waals surface area contributed by atoms with Gasteiger partial charge in [-0.1, -0.05) is 11.6 Å². The molecule has 1 atom stereocenters. The Hall–Kier alpha value is -1.77. The minimum Gasteiger partial charge on any atom is -0.378 e. The van der Waals surface area contributed by atoms with E-state index in [-0.39, 0.29) is 5.91 Å². The molecule has 0 bridgehead atoms. The van der Waals surface area contributed by atoms with Crippen LogP contribution in [-0.2, 0) is 9.53 Å². The molecule has 1 amide bonds. The molecule has 1 aliphatic heterocycles. The summed E-state index contributed by atoms with van der Waals surface area (Å²) in [6.07, 6.45) is 0. The number of hydrogen-bond acceptors (Lipinski definition) is 4. The maximum absolute atomic E-state index is 12.3. The first-order valence-electron chi connectivity index (χ1n) is 6.44. The van der Waals surface area contributed by atoms with Gasteiger partial charge < -0.3 is 15.0 Å². The molecule has 6 heteroatoms. The van der Waals surface area contributed by atoms with Crippen LogP contribution in [0.4, 0.5) is 5.69 Å². The van der Waals surface area contributed by atoms with Crippen LogP contribution in [0.2, 0.25) is 5.02 Å². The molecule has 1 aromatic carbocycles. The Labute approximate surface area is 123 Å². The van der Waals surface area contributed by atoms with Crippen LogP contribution in [0.15, 0.2) is 18.2 Å². The number of halogens is 1. The van der Waals surface area contributed by atoms with Gasteiger partial charge in [-0.2, -0.15) is 5.26 Å². The summed E-state index contributed by atoms with van der Waals surface area (Å²) in [6.45, 7) is 4.15. The van der Waals surface area contributed by atoms with Crippen molar-refractivity contribution in [3.8, 4) is 6.07 Å². The molecule has 0 radical (unpaired) electrons. The van der Waals surface area contributed by atoms with Crippen molar-refractivity contribution in [3.05, 3.63) is 28.8 Å². The van der Waals surface area contributed by atoms with Gasteiger partial charge in [0.05, 0.1) is 24.5 Å². The van der Waals surface area contributed by atoms with Crippen LogP contribution in [-0.4, -0.2) is 43.2 Å². The fourth-order valence-corrected chi connectivity index (χ4v) is 2.26. The average Bonchev–Trinajstić information content (AvgIpc) is 2.49. The van der Waals surface area contributed by atoms with Gasteiger partial charge in [-0.3, -0.25) is 4.79 Å². The van der Waals surface area contributed by atoms with Gasteiger partial charge in [0.2, 0.25) is 5.91 Å². The third-order valence-electron chi connectivity index (χ3n) is 3.17. The highest BCUT2D eigenvalue weighted by Gasteiger charge is 2.22. The van der Waals surface area contributed by atoms with Gasteiger partial charge >= 0.3 is 0 Å². The highest BCUT2D eigenvalue weighted by molar-refractivity contribution is 6.30. The Morgan fingerprint density at radius 1 is 1.50 bits per heavy atom. The monoisotopic (exact) mass is 293 g/mol. The van der Waals surface area contributed by atoms with Crippen LogP contribution in [0.3, 0.4) is 0 Å². The summed E-state index contributed by atoms with van der Waals surface area (Å²) in [7, 11) is 0. The predicted molar refractivity (Wildman–Crippen MR) is 76.7 cm³/mol. The summed E-state index contributed by atoms with van der Waals surface area (Å²) in [5.41, 5.74) is 1.05. The van der Waals surface area contributed by atoms with E-state index in [2.05, 4.69) is 11.4 Å². The maximum Gasteiger partial charge on any atom is 0.244 e. The van der Waals surface area contributed by atoms with Crippen molar-refractivity contribution < 1.29 is 9.53 Å². The van der Waals surface area contributed by atoms with Crippen LogP contribution in [0, 0.1) is 11.3 Å². The molecule has 0 spiro atoms. The third-order valence-corrected chi connectivity index (χ3v) is 3.40. The SMILES string of the molecule is CC(Nc1ccc(Cl)cc1C#N)C(=O)N1CCOCC1. The molecule has 20 heavy (non-hydrogen) atoms. The van der Waals surface area contributed by atoms with Gasteiger partial charge in [0.1, 0.15) is 12.1 Å². The van der Waals surface area contributed by atoms with Crippen molar-refractivity contribution in [3.63, 3.8) is 0 Å². The summed E-state index contributed by atoms with van der Waals surface area (Å²) in [5.74, 6) is 0.00661. The standard InChI is InChI=1S/C14H16ClN3O2/c1-10(14(19)18-4-6-20-7-5-18)17-13-3-2-12(15)8-11(13)9-16/h2-3,8,10,17H,4-7H2,1H3. The van der Waals surface area contributed by atoms with Crippen molar-refractivity contribution in [1.29, 1.82) is 5.26 Å². The maximum atomic E-state index is 12.3. The molecule has 106 valence electrons. The molecule has 1 aromatic rings. The number of carbonyl (C=O) groups is 1. The number of amides is 1. The molecule has 1 heterocycles. The molecular weight excluding hydrogens is 278 g/mol. The Morgan fingerprint density at radius 2 is 2.20 bits per heavy atom. The topological polar surface area (TPSA) is 65.4 Å². The van der Waals surface area contributed by atoms with E-state index >= 15 is 0 Å². The van der Waals surface area contributed by atoms with E-state index in [9.17, 15) is 4.79 Å². The van der Waals surface area contributed by atoms with E-state index in [0.717, 1.165) is 0 Å². The summed E-state index contributed by atoms with van der Waals surface area (Å²) in [6, 6.07) is 6.65. The lowest BCUT2D eigenvalue weighted by atomic mass is 10.1. The summed E-state index contributed by atoms with van der Waals surface area (Å²) < 4.78 is 5.23. The van der Waals surface area contributed by atoms with Gasteiger partial charge in [0.15, 0.2) is 0 Å². The fourth-order valence-electron chi connectivity index (χ4n) is 2.09. The van der Waals surface area contributed by atoms with Crippen molar-refractivity contribution in [1.82, 2.24) is 4.90 Å². The lowest BCUT2D eigenvalue weighted by molar-refractivity contribution is -0.135. The van der Waals surface area contributed by atoms with Crippen LogP contribution < -0.4 is 5.32 Å².